The molecule has 198 valence electrons. The molecule has 0 bridgehead atoms. The number of amides is 1. The molecule has 0 unspecified atom stereocenters. The molecule has 0 aliphatic carbocycles. The van der Waals surface area contributed by atoms with E-state index in [9.17, 15) is 4.79 Å². The van der Waals surface area contributed by atoms with E-state index >= 15 is 0 Å². The van der Waals surface area contributed by atoms with Crippen molar-refractivity contribution < 1.29 is 14.3 Å². The Balaban J connectivity index is 1.45. The lowest BCUT2D eigenvalue weighted by Crippen LogP contribution is -2.49. The van der Waals surface area contributed by atoms with E-state index < -0.39 is 0 Å². The van der Waals surface area contributed by atoms with Gasteiger partial charge in [0.2, 0.25) is 5.91 Å². The molecule has 1 aliphatic rings. The number of aryl methyl sites for hydroxylation is 2. The lowest BCUT2D eigenvalue weighted by Gasteiger charge is -2.37. The Morgan fingerprint density at radius 2 is 1.55 bits per heavy atom. The number of para-hydroxylation sites is 2. The van der Waals surface area contributed by atoms with Crippen molar-refractivity contribution in [3.8, 4) is 11.5 Å². The van der Waals surface area contributed by atoms with Gasteiger partial charge in [0.15, 0.2) is 0 Å². The molecule has 1 amide bonds. The van der Waals surface area contributed by atoms with Crippen LogP contribution in [0.1, 0.15) is 36.0 Å². The number of nitrogens with zero attached hydrogens (tertiary/aromatic N) is 3. The quantitative estimate of drug-likeness (QED) is 0.297. The highest BCUT2D eigenvalue weighted by Crippen LogP contribution is 2.38. The van der Waals surface area contributed by atoms with Crippen LogP contribution < -0.4 is 14.4 Å². The molecule has 6 nitrogen and oxygen atoms in total. The van der Waals surface area contributed by atoms with E-state index in [1.54, 1.807) is 14.2 Å². The van der Waals surface area contributed by atoms with E-state index in [0.717, 1.165) is 55.3 Å². The number of benzene rings is 3. The van der Waals surface area contributed by atoms with Crippen LogP contribution in [-0.2, 0) is 11.3 Å². The third-order valence-corrected chi connectivity index (χ3v) is 7.78. The van der Waals surface area contributed by atoms with Crippen LogP contribution in [0.25, 0.3) is 10.9 Å². The van der Waals surface area contributed by atoms with Crippen LogP contribution in [0.3, 0.4) is 0 Å². The minimum atomic E-state index is -0.126. The van der Waals surface area contributed by atoms with E-state index in [4.69, 9.17) is 9.47 Å². The molecule has 6 heteroatoms. The Morgan fingerprint density at radius 3 is 2.21 bits per heavy atom. The molecule has 5 rings (SSSR count). The summed E-state index contributed by atoms with van der Waals surface area (Å²) < 4.78 is 13.5. The molecule has 0 N–H and O–H groups in total. The SMILES string of the molecule is CCn1cc([C@@H](CC(=O)N2CCN(c3ccccc3C)CC2)c2cc(OC)cc(OC)c2)c2ccccc21. The van der Waals surface area contributed by atoms with Gasteiger partial charge in [-0.15, -0.1) is 0 Å². The number of anilines is 1. The lowest BCUT2D eigenvalue weighted by atomic mass is 9.87. The maximum Gasteiger partial charge on any atom is 0.223 e. The van der Waals surface area contributed by atoms with Gasteiger partial charge < -0.3 is 23.8 Å². The second-order valence-electron chi connectivity index (χ2n) is 9.94. The van der Waals surface area contributed by atoms with Gasteiger partial charge in [0.05, 0.1) is 14.2 Å². The number of carbonyl (C=O) groups is 1. The fraction of sp³-hybridized carbons (Fsp3) is 0.344. The number of hydrogen-bond acceptors (Lipinski definition) is 4. The Bertz CT molecular complexity index is 1400. The van der Waals surface area contributed by atoms with Crippen molar-refractivity contribution in [3.63, 3.8) is 0 Å². The summed E-state index contributed by atoms with van der Waals surface area (Å²) in [6.45, 7) is 8.28. The summed E-state index contributed by atoms with van der Waals surface area (Å²) in [4.78, 5) is 18.2. The minimum absolute atomic E-state index is 0.126. The van der Waals surface area contributed by atoms with Crippen molar-refractivity contribution in [2.24, 2.45) is 0 Å². The van der Waals surface area contributed by atoms with Crippen molar-refractivity contribution in [1.82, 2.24) is 9.47 Å². The highest BCUT2D eigenvalue weighted by Gasteiger charge is 2.28. The molecule has 1 aromatic heterocycles. The number of hydrogen-bond donors (Lipinski definition) is 0. The molecule has 0 saturated carbocycles. The summed E-state index contributed by atoms with van der Waals surface area (Å²) >= 11 is 0. The standard InChI is InChI=1S/C32H37N3O3/c1-5-33-22-29(27-11-7-9-13-31(27)33)28(24-18-25(37-3)20-26(19-24)38-4)21-32(36)35-16-14-34(15-17-35)30-12-8-6-10-23(30)2/h6-13,18-20,22,28H,5,14-17,21H2,1-4H3/t28-/m0/s1. The van der Waals surface area contributed by atoms with Gasteiger partial charge in [0.1, 0.15) is 11.5 Å². The van der Waals surface area contributed by atoms with Crippen molar-refractivity contribution in [3.05, 3.63) is 89.6 Å². The Labute approximate surface area is 225 Å². The van der Waals surface area contributed by atoms with Gasteiger partial charge in [0.25, 0.3) is 0 Å². The third-order valence-electron chi connectivity index (χ3n) is 7.78. The average molecular weight is 512 g/mol. The first-order valence-electron chi connectivity index (χ1n) is 13.4. The van der Waals surface area contributed by atoms with Gasteiger partial charge in [-0.2, -0.15) is 0 Å². The molecule has 1 atom stereocenters. The summed E-state index contributed by atoms with van der Waals surface area (Å²) in [7, 11) is 3.32. The maximum absolute atomic E-state index is 13.8. The Kier molecular flexibility index (Phi) is 7.59. The normalized spacial score (nSPS) is 14.5. The van der Waals surface area contributed by atoms with Crippen molar-refractivity contribution >= 4 is 22.5 Å². The van der Waals surface area contributed by atoms with Crippen LogP contribution >= 0.6 is 0 Å². The average Bonchev–Trinajstić information content (AvgIpc) is 3.34. The predicted molar refractivity (Wildman–Crippen MR) is 154 cm³/mol. The number of aromatic nitrogens is 1. The Morgan fingerprint density at radius 1 is 0.895 bits per heavy atom. The number of fused-ring (bicyclic) bond motifs is 1. The maximum atomic E-state index is 13.8. The number of carbonyl (C=O) groups excluding carboxylic acids is 1. The number of piperazine rings is 1. The summed E-state index contributed by atoms with van der Waals surface area (Å²) in [5.41, 5.74) is 5.89. The summed E-state index contributed by atoms with van der Waals surface area (Å²) in [6, 6.07) is 22.9. The predicted octanol–water partition coefficient (Wildman–Crippen LogP) is 5.86. The molecular weight excluding hydrogens is 474 g/mol. The van der Waals surface area contributed by atoms with Gasteiger partial charge in [-0.25, -0.2) is 0 Å². The van der Waals surface area contributed by atoms with E-state index in [1.807, 2.05) is 23.1 Å². The smallest absolute Gasteiger partial charge is 0.223 e. The number of methoxy groups -OCH3 is 2. The molecule has 3 aromatic carbocycles. The number of ether oxygens (including phenoxy) is 2. The minimum Gasteiger partial charge on any atom is -0.497 e. The van der Waals surface area contributed by atoms with Crippen LogP contribution in [0.15, 0.2) is 72.9 Å². The number of rotatable bonds is 8. The molecule has 1 aliphatic heterocycles. The van der Waals surface area contributed by atoms with E-state index in [1.165, 1.54) is 22.2 Å². The largest absolute Gasteiger partial charge is 0.497 e. The van der Waals surface area contributed by atoms with E-state index in [0.29, 0.717) is 6.42 Å². The van der Waals surface area contributed by atoms with Crippen LogP contribution in [0, 0.1) is 6.92 Å². The Hall–Kier alpha value is -3.93. The van der Waals surface area contributed by atoms with Gasteiger partial charge in [-0.1, -0.05) is 36.4 Å². The first-order valence-corrected chi connectivity index (χ1v) is 13.4. The van der Waals surface area contributed by atoms with Crippen LogP contribution in [-0.4, -0.2) is 55.8 Å². The molecule has 2 heterocycles. The second kappa shape index (κ2) is 11.2. The molecule has 0 radical (unpaired) electrons. The topological polar surface area (TPSA) is 46.9 Å². The molecule has 1 saturated heterocycles. The highest BCUT2D eigenvalue weighted by molar-refractivity contribution is 5.87. The van der Waals surface area contributed by atoms with E-state index in [2.05, 4.69) is 78.0 Å². The third kappa shape index (κ3) is 5.08. The molecular formula is C32H37N3O3. The van der Waals surface area contributed by atoms with Crippen molar-refractivity contribution in [1.29, 1.82) is 0 Å². The second-order valence-corrected chi connectivity index (χ2v) is 9.94. The molecule has 1 fully saturated rings. The highest BCUT2D eigenvalue weighted by atomic mass is 16.5. The fourth-order valence-electron chi connectivity index (χ4n) is 5.67. The van der Waals surface area contributed by atoms with Crippen molar-refractivity contribution in [2.45, 2.75) is 32.7 Å². The van der Waals surface area contributed by atoms with Crippen LogP contribution in [0.5, 0.6) is 11.5 Å². The zero-order valence-corrected chi connectivity index (χ0v) is 22.8. The summed E-state index contributed by atoms with van der Waals surface area (Å²) in [6.07, 6.45) is 2.60. The van der Waals surface area contributed by atoms with Crippen molar-refractivity contribution in [2.75, 3.05) is 45.3 Å². The molecule has 4 aromatic rings. The zero-order valence-electron chi connectivity index (χ0n) is 22.8. The molecule has 38 heavy (non-hydrogen) atoms. The summed E-state index contributed by atoms with van der Waals surface area (Å²) in [5.74, 6) is 1.50. The monoisotopic (exact) mass is 511 g/mol. The van der Waals surface area contributed by atoms with E-state index in [-0.39, 0.29) is 11.8 Å². The first-order chi connectivity index (χ1) is 18.5. The zero-order chi connectivity index (χ0) is 26.6. The van der Waals surface area contributed by atoms with Gasteiger partial charge in [-0.3, -0.25) is 4.79 Å². The lowest BCUT2D eigenvalue weighted by molar-refractivity contribution is -0.131. The van der Waals surface area contributed by atoms with Crippen LogP contribution in [0.2, 0.25) is 0 Å². The fourth-order valence-corrected chi connectivity index (χ4v) is 5.67. The summed E-state index contributed by atoms with van der Waals surface area (Å²) in [5, 5.41) is 1.18. The van der Waals surface area contributed by atoms with Gasteiger partial charge >= 0.3 is 0 Å². The van der Waals surface area contributed by atoms with Crippen LogP contribution in [0.4, 0.5) is 5.69 Å². The molecule has 0 spiro atoms. The van der Waals surface area contributed by atoms with Gasteiger partial charge in [0, 0.05) is 73.9 Å². The van der Waals surface area contributed by atoms with Gasteiger partial charge in [-0.05, 0) is 54.8 Å². The first kappa shape index (κ1) is 25.7.